The minimum Gasteiger partial charge on any atom is -0.317 e. The van der Waals surface area contributed by atoms with Crippen LogP contribution in [0, 0.1) is 5.92 Å². The van der Waals surface area contributed by atoms with E-state index in [4.69, 9.17) is 0 Å². The van der Waals surface area contributed by atoms with Crippen LogP contribution in [0.3, 0.4) is 0 Å². The van der Waals surface area contributed by atoms with Crippen molar-refractivity contribution < 1.29 is 8.42 Å². The Bertz CT molecular complexity index is 467. The fourth-order valence-electron chi connectivity index (χ4n) is 1.58. The van der Waals surface area contributed by atoms with Crippen LogP contribution >= 0.6 is 11.3 Å². The minimum absolute atomic E-state index is 0.419. The molecule has 1 heterocycles. The van der Waals surface area contributed by atoms with Crippen molar-refractivity contribution >= 4 is 21.4 Å². The zero-order valence-corrected chi connectivity index (χ0v) is 13.5. The summed E-state index contributed by atoms with van der Waals surface area (Å²) >= 11 is 1.36. The van der Waals surface area contributed by atoms with Crippen LogP contribution in [0.4, 0.5) is 0 Å². The van der Waals surface area contributed by atoms with E-state index in [1.807, 2.05) is 6.07 Å². The van der Waals surface area contributed by atoms with E-state index in [9.17, 15) is 8.42 Å². The minimum atomic E-state index is -3.32. The lowest BCUT2D eigenvalue weighted by atomic mass is 10.1. The molecule has 0 aliphatic heterocycles. The summed E-state index contributed by atoms with van der Waals surface area (Å²) in [5.41, 5.74) is 0. The molecule has 2 N–H and O–H groups in total. The molecule has 1 rings (SSSR count). The first-order chi connectivity index (χ1) is 8.95. The van der Waals surface area contributed by atoms with Gasteiger partial charge in [-0.1, -0.05) is 20.8 Å². The molecule has 1 aromatic heterocycles. The molecular formula is C13H24N2O2S2. The quantitative estimate of drug-likeness (QED) is 0.688. The second-order valence-electron chi connectivity index (χ2n) is 4.90. The van der Waals surface area contributed by atoms with Gasteiger partial charge in [-0.05, 0) is 44.0 Å². The monoisotopic (exact) mass is 304 g/mol. The summed E-state index contributed by atoms with van der Waals surface area (Å²) in [6.45, 7) is 8.55. The van der Waals surface area contributed by atoms with E-state index in [1.54, 1.807) is 6.07 Å². The van der Waals surface area contributed by atoms with Crippen LogP contribution in [0.5, 0.6) is 0 Å². The standard InChI is InChI=1S/C13H24N2O2S2/c1-4-14-9-8-12-5-6-13(18-12)19(16,17)15-10-7-11(2)3/h5-6,11,14-15H,4,7-10H2,1-3H3. The van der Waals surface area contributed by atoms with Crippen molar-refractivity contribution in [2.75, 3.05) is 19.6 Å². The molecule has 0 aliphatic carbocycles. The Morgan fingerprint density at radius 3 is 2.63 bits per heavy atom. The van der Waals surface area contributed by atoms with Crippen molar-refractivity contribution in [1.29, 1.82) is 0 Å². The molecule has 0 saturated carbocycles. The summed E-state index contributed by atoms with van der Waals surface area (Å²) in [6.07, 6.45) is 1.73. The van der Waals surface area contributed by atoms with E-state index in [-0.39, 0.29) is 0 Å². The lowest BCUT2D eigenvalue weighted by molar-refractivity contribution is 0.553. The topological polar surface area (TPSA) is 58.2 Å². The molecule has 110 valence electrons. The van der Waals surface area contributed by atoms with Crippen molar-refractivity contribution in [2.45, 2.75) is 37.8 Å². The zero-order valence-electron chi connectivity index (χ0n) is 11.9. The number of hydrogen-bond donors (Lipinski definition) is 2. The van der Waals surface area contributed by atoms with Crippen molar-refractivity contribution in [3.63, 3.8) is 0 Å². The second kappa shape index (κ2) is 7.99. The van der Waals surface area contributed by atoms with Gasteiger partial charge < -0.3 is 5.32 Å². The predicted molar refractivity (Wildman–Crippen MR) is 81.2 cm³/mol. The maximum atomic E-state index is 12.0. The number of nitrogens with one attached hydrogen (secondary N) is 2. The van der Waals surface area contributed by atoms with Crippen LogP contribution in [0.25, 0.3) is 0 Å². The van der Waals surface area contributed by atoms with Gasteiger partial charge in [-0.15, -0.1) is 11.3 Å². The molecular weight excluding hydrogens is 280 g/mol. The normalized spacial score (nSPS) is 12.2. The Hall–Kier alpha value is -0.430. The third-order valence-corrected chi connectivity index (χ3v) is 5.81. The van der Waals surface area contributed by atoms with E-state index in [1.165, 1.54) is 11.3 Å². The third-order valence-electron chi connectivity index (χ3n) is 2.71. The Balaban J connectivity index is 2.53. The van der Waals surface area contributed by atoms with Gasteiger partial charge >= 0.3 is 0 Å². The summed E-state index contributed by atoms with van der Waals surface area (Å²) in [4.78, 5) is 1.10. The van der Waals surface area contributed by atoms with Gasteiger partial charge in [0.1, 0.15) is 4.21 Å². The number of likely N-dealkylation sites (N-methyl/N-ethyl adjacent to an activating group) is 1. The van der Waals surface area contributed by atoms with Gasteiger partial charge in [0.15, 0.2) is 0 Å². The second-order valence-corrected chi connectivity index (χ2v) is 8.07. The maximum Gasteiger partial charge on any atom is 0.250 e. The molecule has 0 aromatic carbocycles. The highest BCUT2D eigenvalue weighted by molar-refractivity contribution is 7.91. The van der Waals surface area contributed by atoms with Gasteiger partial charge in [-0.3, -0.25) is 0 Å². The van der Waals surface area contributed by atoms with E-state index < -0.39 is 10.0 Å². The first kappa shape index (κ1) is 16.6. The van der Waals surface area contributed by atoms with Crippen LogP contribution in [0.15, 0.2) is 16.3 Å². The number of hydrogen-bond acceptors (Lipinski definition) is 4. The number of rotatable bonds is 9. The van der Waals surface area contributed by atoms with Gasteiger partial charge in [0.25, 0.3) is 0 Å². The fraction of sp³-hybridized carbons (Fsp3) is 0.692. The van der Waals surface area contributed by atoms with E-state index in [0.29, 0.717) is 16.7 Å². The van der Waals surface area contributed by atoms with Crippen molar-refractivity contribution in [3.05, 3.63) is 17.0 Å². The smallest absolute Gasteiger partial charge is 0.250 e. The van der Waals surface area contributed by atoms with Crippen molar-refractivity contribution in [2.24, 2.45) is 5.92 Å². The Morgan fingerprint density at radius 1 is 1.26 bits per heavy atom. The summed E-state index contributed by atoms with van der Waals surface area (Å²) in [6, 6.07) is 3.60. The number of thiophene rings is 1. The van der Waals surface area contributed by atoms with Crippen LogP contribution < -0.4 is 10.0 Å². The van der Waals surface area contributed by atoms with E-state index in [2.05, 4.69) is 30.8 Å². The van der Waals surface area contributed by atoms with Crippen LogP contribution in [-0.4, -0.2) is 28.1 Å². The van der Waals surface area contributed by atoms with Gasteiger partial charge in [0, 0.05) is 11.4 Å². The first-order valence-corrected chi connectivity index (χ1v) is 9.04. The van der Waals surface area contributed by atoms with Crippen molar-refractivity contribution in [1.82, 2.24) is 10.0 Å². The van der Waals surface area contributed by atoms with Crippen molar-refractivity contribution in [3.8, 4) is 0 Å². The lowest BCUT2D eigenvalue weighted by Gasteiger charge is -2.06. The molecule has 6 heteroatoms. The molecule has 19 heavy (non-hydrogen) atoms. The molecule has 4 nitrogen and oxygen atoms in total. The maximum absolute atomic E-state index is 12.0. The molecule has 0 spiro atoms. The average molecular weight is 304 g/mol. The zero-order chi connectivity index (χ0) is 14.3. The largest absolute Gasteiger partial charge is 0.317 e. The molecule has 0 bridgehead atoms. The van der Waals surface area contributed by atoms with E-state index in [0.717, 1.165) is 30.8 Å². The number of sulfonamides is 1. The van der Waals surface area contributed by atoms with Crippen LogP contribution in [0.2, 0.25) is 0 Å². The van der Waals surface area contributed by atoms with Gasteiger partial charge in [-0.25, -0.2) is 13.1 Å². The molecule has 1 aromatic rings. The Labute approximate surface area is 120 Å². The summed E-state index contributed by atoms with van der Waals surface area (Å²) in [5.74, 6) is 0.502. The first-order valence-electron chi connectivity index (χ1n) is 6.74. The highest BCUT2D eigenvalue weighted by atomic mass is 32.2. The fourth-order valence-corrected chi connectivity index (χ4v) is 4.03. The summed E-state index contributed by atoms with van der Waals surface area (Å²) in [5, 5.41) is 3.23. The summed E-state index contributed by atoms with van der Waals surface area (Å²) in [7, 11) is -3.32. The highest BCUT2D eigenvalue weighted by Crippen LogP contribution is 2.21. The molecule has 0 amide bonds. The average Bonchev–Trinajstić information content (AvgIpc) is 2.78. The van der Waals surface area contributed by atoms with E-state index >= 15 is 0 Å². The van der Waals surface area contributed by atoms with Crippen LogP contribution in [0.1, 0.15) is 32.1 Å². The van der Waals surface area contributed by atoms with Gasteiger partial charge in [0.05, 0.1) is 0 Å². The van der Waals surface area contributed by atoms with Crippen LogP contribution in [-0.2, 0) is 16.4 Å². The molecule has 0 atom stereocenters. The van der Waals surface area contributed by atoms with Gasteiger partial charge in [-0.2, -0.15) is 0 Å². The predicted octanol–water partition coefficient (Wildman–Crippen LogP) is 2.22. The highest BCUT2D eigenvalue weighted by Gasteiger charge is 2.16. The molecule has 0 radical (unpaired) electrons. The Morgan fingerprint density at radius 2 is 2.00 bits per heavy atom. The van der Waals surface area contributed by atoms with Gasteiger partial charge in [0.2, 0.25) is 10.0 Å². The molecule has 0 saturated heterocycles. The lowest BCUT2D eigenvalue weighted by Crippen LogP contribution is -2.24. The molecule has 0 fully saturated rings. The molecule has 0 unspecified atom stereocenters. The molecule has 0 aliphatic rings. The third kappa shape index (κ3) is 6.03. The Kier molecular flexibility index (Phi) is 6.99. The SMILES string of the molecule is CCNCCc1ccc(S(=O)(=O)NCCC(C)C)s1. The summed E-state index contributed by atoms with van der Waals surface area (Å²) < 4.78 is 27.2.